The largest absolute Gasteiger partial charge is 0.417 e. The first-order valence-electron chi connectivity index (χ1n) is 13.2. The third kappa shape index (κ3) is 6.80. The molecule has 1 fully saturated rings. The second-order valence-electron chi connectivity index (χ2n) is 9.79. The number of carbonyl (C=O) groups is 2. The molecule has 2 aromatic carbocycles. The number of anilines is 2. The van der Waals surface area contributed by atoms with Crippen molar-refractivity contribution in [3.05, 3.63) is 77.2 Å². The average molecular weight is 585 g/mol. The Hall–Kier alpha value is -4.09. The van der Waals surface area contributed by atoms with Crippen LogP contribution >= 0.6 is 11.6 Å². The number of alkyl halides is 3. The number of aromatic nitrogens is 2. The molecule has 0 spiro atoms. The minimum absolute atomic E-state index is 0.0520. The van der Waals surface area contributed by atoms with Gasteiger partial charge in [0.05, 0.1) is 10.6 Å². The summed E-state index contributed by atoms with van der Waals surface area (Å²) in [5.74, 6) is -0.251. The van der Waals surface area contributed by atoms with Crippen LogP contribution < -0.4 is 16.0 Å². The summed E-state index contributed by atoms with van der Waals surface area (Å²) in [5.41, 5.74) is 1.97. The average Bonchev–Trinajstić information content (AvgIpc) is 3.39. The number of pyridine rings is 1. The van der Waals surface area contributed by atoms with Crippen LogP contribution in [0.25, 0.3) is 22.0 Å². The Bertz CT molecular complexity index is 1550. The molecule has 0 unspecified atom stereocenters. The molecule has 214 valence electrons. The van der Waals surface area contributed by atoms with Crippen molar-refractivity contribution in [1.82, 2.24) is 20.2 Å². The second kappa shape index (κ2) is 12.2. The number of halogens is 4. The van der Waals surface area contributed by atoms with Gasteiger partial charge < -0.3 is 25.8 Å². The van der Waals surface area contributed by atoms with Gasteiger partial charge in [0, 0.05) is 53.3 Å². The summed E-state index contributed by atoms with van der Waals surface area (Å²) in [7, 11) is 0. The lowest BCUT2D eigenvalue weighted by atomic mass is 10.0. The van der Waals surface area contributed by atoms with E-state index in [4.69, 9.17) is 11.6 Å². The third-order valence-electron chi connectivity index (χ3n) is 6.95. The van der Waals surface area contributed by atoms with E-state index in [9.17, 15) is 22.8 Å². The van der Waals surface area contributed by atoms with Gasteiger partial charge in [0.1, 0.15) is 5.69 Å². The van der Waals surface area contributed by atoms with E-state index >= 15 is 0 Å². The number of hydrogen-bond acceptors (Lipinski definition) is 4. The number of nitrogens with zero attached hydrogens (tertiary/aromatic N) is 2. The van der Waals surface area contributed by atoms with Crippen molar-refractivity contribution in [2.45, 2.75) is 25.4 Å². The van der Waals surface area contributed by atoms with Gasteiger partial charge in [-0.15, -0.1) is 0 Å². The first-order valence-corrected chi connectivity index (χ1v) is 13.6. The van der Waals surface area contributed by atoms with Crippen molar-refractivity contribution in [2.75, 3.05) is 36.8 Å². The summed E-state index contributed by atoms with van der Waals surface area (Å²) in [4.78, 5) is 35.4. The van der Waals surface area contributed by atoms with Crippen LogP contribution in [0.1, 0.15) is 35.3 Å². The molecule has 1 aliphatic rings. The number of urea groups is 1. The predicted octanol–water partition coefficient (Wildman–Crippen LogP) is 6.76. The molecule has 3 heterocycles. The summed E-state index contributed by atoms with van der Waals surface area (Å²) < 4.78 is 39.3. The van der Waals surface area contributed by atoms with Gasteiger partial charge in [-0.2, -0.15) is 13.2 Å². The van der Waals surface area contributed by atoms with Crippen molar-refractivity contribution in [3.63, 3.8) is 0 Å². The van der Waals surface area contributed by atoms with E-state index in [1.54, 1.807) is 42.7 Å². The highest BCUT2D eigenvalue weighted by molar-refractivity contribution is 6.31. The highest BCUT2D eigenvalue weighted by atomic mass is 35.5. The molecule has 41 heavy (non-hydrogen) atoms. The number of carbonyl (C=O) groups excluding carboxylic acids is 2. The Morgan fingerprint density at radius 2 is 1.68 bits per heavy atom. The van der Waals surface area contributed by atoms with Crippen molar-refractivity contribution in [1.29, 1.82) is 0 Å². The molecular formula is C29H28ClF3N6O2. The molecule has 0 atom stereocenters. The smallest absolute Gasteiger partial charge is 0.360 e. The van der Waals surface area contributed by atoms with Crippen LogP contribution in [0.15, 0.2) is 60.9 Å². The summed E-state index contributed by atoms with van der Waals surface area (Å²) >= 11 is 5.64. The topological polar surface area (TPSA) is 102 Å². The van der Waals surface area contributed by atoms with Gasteiger partial charge in [0.2, 0.25) is 0 Å². The van der Waals surface area contributed by atoms with Crippen LogP contribution in [-0.4, -0.2) is 53.0 Å². The van der Waals surface area contributed by atoms with Crippen LogP contribution in [0.2, 0.25) is 5.02 Å². The molecule has 3 amide bonds. The van der Waals surface area contributed by atoms with Gasteiger partial charge in [-0.1, -0.05) is 30.2 Å². The lowest BCUT2D eigenvalue weighted by molar-refractivity contribution is -0.137. The zero-order chi connectivity index (χ0) is 29.0. The van der Waals surface area contributed by atoms with Crippen LogP contribution in [0.3, 0.4) is 0 Å². The summed E-state index contributed by atoms with van der Waals surface area (Å²) in [6.45, 7) is 3.44. The van der Waals surface area contributed by atoms with Gasteiger partial charge in [0.15, 0.2) is 0 Å². The number of amides is 3. The Morgan fingerprint density at radius 3 is 2.41 bits per heavy atom. The number of benzene rings is 2. The Morgan fingerprint density at radius 1 is 0.976 bits per heavy atom. The number of hydrogen-bond donors (Lipinski definition) is 4. The maximum Gasteiger partial charge on any atom is 0.417 e. The lowest BCUT2D eigenvalue weighted by Crippen LogP contribution is -2.37. The van der Waals surface area contributed by atoms with Crippen LogP contribution in [0, 0.1) is 0 Å². The predicted molar refractivity (Wildman–Crippen MR) is 153 cm³/mol. The number of likely N-dealkylation sites (tertiary alicyclic amines) is 1. The van der Waals surface area contributed by atoms with E-state index in [-0.39, 0.29) is 11.6 Å². The normalized spacial score (nSPS) is 14.1. The lowest BCUT2D eigenvalue weighted by Gasteiger charge is -2.26. The third-order valence-corrected chi connectivity index (χ3v) is 7.28. The monoisotopic (exact) mass is 584 g/mol. The minimum atomic E-state index is -4.65. The fourth-order valence-corrected chi connectivity index (χ4v) is 5.14. The number of H-pyrrole nitrogens is 1. The Labute approximate surface area is 239 Å². The van der Waals surface area contributed by atoms with E-state index in [2.05, 4.69) is 30.8 Å². The maximum absolute atomic E-state index is 13.1. The Balaban J connectivity index is 1.26. The number of fused-ring (bicyclic) bond motifs is 1. The molecule has 2 aromatic heterocycles. The number of piperidine rings is 1. The number of aromatic amines is 1. The molecule has 8 nitrogen and oxygen atoms in total. The van der Waals surface area contributed by atoms with Gasteiger partial charge in [-0.25, -0.2) is 4.79 Å². The molecule has 0 aliphatic carbocycles. The first kappa shape index (κ1) is 28.4. The molecule has 0 bridgehead atoms. The van der Waals surface area contributed by atoms with E-state index in [0.717, 1.165) is 48.4 Å². The maximum atomic E-state index is 13.1. The molecule has 0 radical (unpaired) electrons. The number of rotatable bonds is 7. The molecular weight excluding hydrogens is 557 g/mol. The van der Waals surface area contributed by atoms with Crippen molar-refractivity contribution < 1.29 is 22.8 Å². The van der Waals surface area contributed by atoms with E-state index < -0.39 is 22.8 Å². The summed E-state index contributed by atoms with van der Waals surface area (Å²) in [6, 6.07) is 11.1. The van der Waals surface area contributed by atoms with Crippen LogP contribution in [0.4, 0.5) is 29.3 Å². The van der Waals surface area contributed by atoms with Gasteiger partial charge in [0.25, 0.3) is 5.91 Å². The van der Waals surface area contributed by atoms with E-state index in [1.807, 2.05) is 0 Å². The quantitative estimate of drug-likeness (QED) is 0.193. The van der Waals surface area contributed by atoms with Crippen LogP contribution in [0.5, 0.6) is 0 Å². The minimum Gasteiger partial charge on any atom is -0.360 e. The molecule has 1 aliphatic heterocycles. The SMILES string of the molecule is O=C(Nc1ccc(-c2c[nH]c3ccnc(C(=O)NCCN4CCCCC4)c23)cc1)Nc1ccc(Cl)c(C(F)(F)F)c1. The standard InChI is InChI=1S/C29H28ClF3N6O2/c30-23-9-8-20(16-22(23)29(31,32)33)38-28(41)37-19-6-4-18(5-7-19)21-17-36-24-10-11-34-26(25(21)24)27(40)35-12-15-39-13-2-1-3-14-39/h4-11,16-17,36H,1-3,12-15H2,(H,35,40)(H2,37,38,41). The van der Waals surface area contributed by atoms with Crippen molar-refractivity contribution in [2.24, 2.45) is 0 Å². The van der Waals surface area contributed by atoms with Crippen molar-refractivity contribution >= 4 is 45.8 Å². The highest BCUT2D eigenvalue weighted by Gasteiger charge is 2.33. The molecule has 12 heteroatoms. The van der Waals surface area contributed by atoms with Gasteiger partial charge in [-0.05, 0) is 67.9 Å². The van der Waals surface area contributed by atoms with Crippen LogP contribution in [-0.2, 0) is 6.18 Å². The molecule has 1 saturated heterocycles. The zero-order valence-electron chi connectivity index (χ0n) is 21.9. The van der Waals surface area contributed by atoms with E-state index in [1.165, 1.54) is 25.3 Å². The zero-order valence-corrected chi connectivity index (χ0v) is 22.7. The summed E-state index contributed by atoms with van der Waals surface area (Å²) in [5, 5.41) is 8.21. The highest BCUT2D eigenvalue weighted by Crippen LogP contribution is 2.36. The second-order valence-corrected chi connectivity index (χ2v) is 10.2. The van der Waals surface area contributed by atoms with Gasteiger partial charge in [-0.3, -0.25) is 9.78 Å². The fourth-order valence-electron chi connectivity index (χ4n) is 4.92. The molecule has 5 rings (SSSR count). The molecule has 4 aromatic rings. The van der Waals surface area contributed by atoms with E-state index in [0.29, 0.717) is 23.3 Å². The first-order chi connectivity index (χ1) is 19.7. The molecule has 4 N–H and O–H groups in total. The number of nitrogens with one attached hydrogen (secondary N) is 4. The van der Waals surface area contributed by atoms with Gasteiger partial charge >= 0.3 is 12.2 Å². The summed E-state index contributed by atoms with van der Waals surface area (Å²) in [6.07, 6.45) is 2.37. The Kier molecular flexibility index (Phi) is 8.46. The van der Waals surface area contributed by atoms with Crippen molar-refractivity contribution in [3.8, 4) is 11.1 Å². The molecule has 0 saturated carbocycles. The fraction of sp³-hybridized carbons (Fsp3) is 0.276.